The maximum Gasteiger partial charge on any atom is 0.159 e. The monoisotopic (exact) mass is 456 g/mol. The van der Waals surface area contributed by atoms with Gasteiger partial charge in [0.05, 0.1) is 12.2 Å². The van der Waals surface area contributed by atoms with Crippen LogP contribution in [0.4, 0.5) is 0 Å². The Morgan fingerprint density at radius 2 is 1.55 bits per heavy atom. The number of aliphatic hydroxyl groups is 2. The maximum atomic E-state index is 14.2. The number of Topliss-reactive ketones (excluding diaryl/α,β-unsaturated/α-hetero) is 1. The zero-order chi connectivity index (χ0) is 24.4. The van der Waals surface area contributed by atoms with E-state index in [0.29, 0.717) is 35.9 Å². The molecule has 0 aromatic rings. The molecular weight excluding hydrogens is 408 g/mol. The molecule has 0 amide bonds. The first-order chi connectivity index (χ1) is 15.2. The Kier molecular flexibility index (Phi) is 5.07. The molecular formula is C30H48O3. The van der Waals surface area contributed by atoms with Crippen molar-refractivity contribution in [2.45, 2.75) is 119 Å². The summed E-state index contributed by atoms with van der Waals surface area (Å²) in [5.74, 6) is 2.19. The lowest BCUT2D eigenvalue weighted by Crippen LogP contribution is -2.64. The summed E-state index contributed by atoms with van der Waals surface area (Å²) < 4.78 is 0. The zero-order valence-electron chi connectivity index (χ0n) is 22.4. The van der Waals surface area contributed by atoms with Crippen LogP contribution in [0.5, 0.6) is 0 Å². The van der Waals surface area contributed by atoms with Crippen LogP contribution in [0.25, 0.3) is 0 Å². The number of fused-ring (bicyclic) bond motifs is 6. The molecule has 0 aromatic heterocycles. The van der Waals surface area contributed by atoms with Gasteiger partial charge >= 0.3 is 0 Å². The first kappa shape index (κ1) is 24.0. The minimum atomic E-state index is -0.312. The molecule has 0 heterocycles. The zero-order valence-corrected chi connectivity index (χ0v) is 22.4. The number of rotatable bonds is 1. The summed E-state index contributed by atoms with van der Waals surface area (Å²) in [5, 5.41) is 22.6. The van der Waals surface area contributed by atoms with Crippen molar-refractivity contribution in [3.05, 3.63) is 11.1 Å². The van der Waals surface area contributed by atoms with Gasteiger partial charge < -0.3 is 10.2 Å². The standard InChI is InChI=1S/C30H48O3/c1-17(2)18-9-12-22-29(7)15-20(31)25-19(28(29,6)16-24(33)30(18,22)8)10-11-21-26(3,4)23(32)13-14-27(21,25)5/h17-18,21-24,32-33H,9-16H2,1-8H3/t18-,21+,22+,23-,24-,27+,28-,29+,30-/m1/s1. The van der Waals surface area contributed by atoms with E-state index in [4.69, 9.17) is 0 Å². The van der Waals surface area contributed by atoms with Crippen molar-refractivity contribution in [3.63, 3.8) is 0 Å². The first-order valence-corrected chi connectivity index (χ1v) is 13.8. The van der Waals surface area contributed by atoms with Crippen molar-refractivity contribution < 1.29 is 15.0 Å². The van der Waals surface area contributed by atoms with E-state index in [-0.39, 0.29) is 39.3 Å². The molecule has 9 atom stereocenters. The van der Waals surface area contributed by atoms with Crippen molar-refractivity contribution in [2.24, 2.45) is 50.7 Å². The first-order valence-electron chi connectivity index (χ1n) is 13.8. The molecule has 5 aliphatic carbocycles. The lowest BCUT2D eigenvalue weighted by molar-refractivity contribution is -0.182. The van der Waals surface area contributed by atoms with Crippen molar-refractivity contribution in [1.82, 2.24) is 0 Å². The molecule has 0 spiro atoms. The minimum Gasteiger partial charge on any atom is -0.393 e. The number of ketones is 1. The smallest absolute Gasteiger partial charge is 0.159 e. The highest BCUT2D eigenvalue weighted by Gasteiger charge is 2.71. The van der Waals surface area contributed by atoms with E-state index in [1.54, 1.807) is 0 Å². The van der Waals surface area contributed by atoms with Crippen LogP contribution >= 0.6 is 0 Å². The van der Waals surface area contributed by atoms with Gasteiger partial charge in [-0.15, -0.1) is 0 Å². The van der Waals surface area contributed by atoms with E-state index < -0.39 is 0 Å². The van der Waals surface area contributed by atoms with Crippen LogP contribution in [-0.2, 0) is 4.79 Å². The third-order valence-electron chi connectivity index (χ3n) is 13.0. The van der Waals surface area contributed by atoms with Crippen LogP contribution in [0.2, 0.25) is 0 Å². The van der Waals surface area contributed by atoms with Crippen molar-refractivity contribution in [1.29, 1.82) is 0 Å². The number of aliphatic hydroxyl groups excluding tert-OH is 2. The van der Waals surface area contributed by atoms with Gasteiger partial charge in [0.2, 0.25) is 0 Å². The summed E-state index contributed by atoms with van der Waals surface area (Å²) in [4.78, 5) is 14.2. The summed E-state index contributed by atoms with van der Waals surface area (Å²) in [6, 6.07) is 0. The minimum absolute atomic E-state index is 0.0898. The molecule has 3 saturated carbocycles. The van der Waals surface area contributed by atoms with Crippen LogP contribution in [0.15, 0.2) is 11.1 Å². The van der Waals surface area contributed by atoms with E-state index in [1.165, 1.54) is 12.0 Å². The molecule has 0 bridgehead atoms. The molecule has 2 N–H and O–H groups in total. The van der Waals surface area contributed by atoms with Gasteiger partial charge in [-0.25, -0.2) is 0 Å². The van der Waals surface area contributed by atoms with Gasteiger partial charge in [0.1, 0.15) is 0 Å². The summed E-state index contributed by atoms with van der Waals surface area (Å²) >= 11 is 0. The lowest BCUT2D eigenvalue weighted by Gasteiger charge is -2.67. The second-order valence-electron chi connectivity index (χ2n) is 14.7. The second-order valence-corrected chi connectivity index (χ2v) is 14.7. The third-order valence-corrected chi connectivity index (χ3v) is 13.0. The highest BCUT2D eigenvalue weighted by atomic mass is 16.3. The Morgan fingerprint density at radius 3 is 2.18 bits per heavy atom. The average molecular weight is 457 g/mol. The largest absolute Gasteiger partial charge is 0.393 e. The van der Waals surface area contributed by atoms with Crippen LogP contribution < -0.4 is 0 Å². The van der Waals surface area contributed by atoms with E-state index in [9.17, 15) is 15.0 Å². The van der Waals surface area contributed by atoms with Crippen molar-refractivity contribution in [2.75, 3.05) is 0 Å². The molecule has 0 radical (unpaired) electrons. The molecule has 3 fully saturated rings. The molecule has 3 heteroatoms. The summed E-state index contributed by atoms with van der Waals surface area (Å²) in [6.07, 6.45) is 6.80. The molecule has 3 nitrogen and oxygen atoms in total. The third kappa shape index (κ3) is 2.68. The number of hydrogen-bond donors (Lipinski definition) is 2. The maximum absolute atomic E-state index is 14.2. The van der Waals surface area contributed by atoms with E-state index in [0.717, 1.165) is 44.1 Å². The molecule has 5 aliphatic rings. The highest BCUT2D eigenvalue weighted by molar-refractivity contribution is 5.99. The summed E-state index contributed by atoms with van der Waals surface area (Å²) in [7, 11) is 0. The fourth-order valence-corrected chi connectivity index (χ4v) is 11.0. The molecule has 0 unspecified atom stereocenters. The quantitative estimate of drug-likeness (QED) is 0.485. The van der Waals surface area contributed by atoms with Crippen LogP contribution in [0.3, 0.4) is 0 Å². The van der Waals surface area contributed by atoms with E-state index >= 15 is 0 Å². The Hall–Kier alpha value is -0.670. The van der Waals surface area contributed by atoms with Crippen LogP contribution in [0.1, 0.15) is 107 Å². The Balaban J connectivity index is 1.65. The van der Waals surface area contributed by atoms with Gasteiger partial charge in [-0.1, -0.05) is 61.0 Å². The SMILES string of the molecule is CC(C)[C@H]1CC[C@@H]2[C@]1(C)[C@H](O)C[C@]1(C)C3=C(C(=O)C[C@@]21C)[C@@]1(C)CC[C@@H](O)C(C)(C)[C@@H]1CC3. The Labute approximate surface area is 201 Å². The molecule has 33 heavy (non-hydrogen) atoms. The van der Waals surface area contributed by atoms with Gasteiger partial charge in [-0.05, 0) is 95.7 Å². The normalized spacial score (nSPS) is 53.4. The number of carbonyl (C=O) groups excluding carboxylic acids is 1. The summed E-state index contributed by atoms with van der Waals surface area (Å²) in [5.41, 5.74) is 1.87. The van der Waals surface area contributed by atoms with Gasteiger partial charge in [-0.2, -0.15) is 0 Å². The molecule has 5 rings (SSSR count). The van der Waals surface area contributed by atoms with E-state index in [1.807, 2.05) is 0 Å². The predicted octanol–water partition coefficient (Wildman–Crippen LogP) is 6.32. The lowest BCUT2D eigenvalue weighted by atomic mass is 9.37. The fourth-order valence-electron chi connectivity index (χ4n) is 11.0. The predicted molar refractivity (Wildman–Crippen MR) is 132 cm³/mol. The number of allylic oxidation sites excluding steroid dienone is 2. The summed E-state index contributed by atoms with van der Waals surface area (Å²) in [6.45, 7) is 18.6. The number of carbonyl (C=O) groups is 1. The highest BCUT2D eigenvalue weighted by Crippen LogP contribution is 2.75. The number of hydrogen-bond acceptors (Lipinski definition) is 3. The molecule has 0 saturated heterocycles. The Bertz CT molecular complexity index is 900. The van der Waals surface area contributed by atoms with Gasteiger partial charge in [0, 0.05) is 12.0 Å². The van der Waals surface area contributed by atoms with Crippen molar-refractivity contribution in [3.8, 4) is 0 Å². The van der Waals surface area contributed by atoms with Gasteiger partial charge in [0.15, 0.2) is 5.78 Å². The van der Waals surface area contributed by atoms with Crippen LogP contribution in [0, 0.1) is 50.7 Å². The Morgan fingerprint density at radius 1 is 0.879 bits per heavy atom. The van der Waals surface area contributed by atoms with Crippen molar-refractivity contribution >= 4 is 5.78 Å². The van der Waals surface area contributed by atoms with Crippen LogP contribution in [-0.4, -0.2) is 28.2 Å². The van der Waals surface area contributed by atoms with Gasteiger partial charge in [-0.3, -0.25) is 4.79 Å². The van der Waals surface area contributed by atoms with E-state index in [2.05, 4.69) is 55.4 Å². The molecule has 186 valence electrons. The van der Waals surface area contributed by atoms with Gasteiger partial charge in [0.25, 0.3) is 0 Å². The molecule has 0 aliphatic heterocycles. The second kappa shape index (κ2) is 6.96. The topological polar surface area (TPSA) is 57.5 Å². The molecule has 0 aromatic carbocycles. The average Bonchev–Trinajstić information content (AvgIpc) is 3.08. The fraction of sp³-hybridized carbons (Fsp3) is 0.900.